The molecule has 8 aromatic carbocycles. The van der Waals surface area contributed by atoms with Crippen molar-refractivity contribution in [3.05, 3.63) is 263 Å². The number of rotatable bonds is 7. The first-order valence-corrected chi connectivity index (χ1v) is 19.0. The zero-order valence-corrected chi connectivity index (χ0v) is 30.1. The maximum absolute atomic E-state index is 2.57. The molecule has 0 atom stereocenters. The average molecular weight is 693 g/mol. The molecular formula is C52H40N2. The molecule has 0 N–H and O–H groups in total. The Bertz CT molecular complexity index is 2200. The smallest absolute Gasteiger partial charge is 0.0742 e. The first-order valence-electron chi connectivity index (χ1n) is 19.0. The molecule has 0 fully saturated rings. The summed E-state index contributed by atoms with van der Waals surface area (Å²) in [6.07, 6.45) is 0. The van der Waals surface area contributed by atoms with Crippen LogP contribution < -0.4 is 9.80 Å². The predicted molar refractivity (Wildman–Crippen MR) is 224 cm³/mol. The van der Waals surface area contributed by atoms with Crippen LogP contribution in [0.1, 0.15) is 44.5 Å². The monoisotopic (exact) mass is 692 g/mol. The van der Waals surface area contributed by atoms with E-state index in [0.29, 0.717) is 0 Å². The van der Waals surface area contributed by atoms with Crippen LogP contribution in [0, 0.1) is 0 Å². The van der Waals surface area contributed by atoms with Crippen molar-refractivity contribution in [2.75, 3.05) is 22.9 Å². The van der Waals surface area contributed by atoms with Gasteiger partial charge in [-0.2, -0.15) is 0 Å². The molecule has 0 saturated heterocycles. The molecular weight excluding hydrogens is 653 g/mol. The zero-order chi connectivity index (χ0) is 36.0. The Kier molecular flexibility index (Phi) is 7.77. The molecule has 0 aromatic heterocycles. The van der Waals surface area contributed by atoms with Crippen LogP contribution in [-0.4, -0.2) is 13.1 Å². The number of benzene rings is 8. The fraction of sp³-hybridized carbons (Fsp3) is 0.0769. The van der Waals surface area contributed by atoms with Crippen LogP contribution in [-0.2, 0) is 10.8 Å². The van der Waals surface area contributed by atoms with Crippen LogP contribution in [0.4, 0.5) is 22.7 Å². The van der Waals surface area contributed by atoms with E-state index in [4.69, 9.17) is 0 Å². The second-order valence-corrected chi connectivity index (χ2v) is 14.3. The summed E-state index contributed by atoms with van der Waals surface area (Å²) in [5.41, 5.74) is 14.3. The summed E-state index contributed by atoms with van der Waals surface area (Å²) in [6, 6.07) is 80.5. The normalized spacial score (nSPS) is 14.7. The summed E-state index contributed by atoms with van der Waals surface area (Å²) in [5, 5.41) is 0. The molecule has 2 heterocycles. The topological polar surface area (TPSA) is 6.48 Å². The van der Waals surface area contributed by atoms with Crippen LogP contribution in [0.15, 0.2) is 218 Å². The summed E-state index contributed by atoms with van der Waals surface area (Å²) in [4.78, 5) is 5.13. The highest BCUT2D eigenvalue weighted by molar-refractivity contribution is 5.86. The van der Waals surface area contributed by atoms with Gasteiger partial charge in [-0.1, -0.05) is 194 Å². The average Bonchev–Trinajstić information content (AvgIpc) is 3.26. The van der Waals surface area contributed by atoms with Crippen LogP contribution in [0.3, 0.4) is 0 Å². The molecule has 10 rings (SSSR count). The summed E-state index contributed by atoms with van der Waals surface area (Å²) in [5.74, 6) is 0. The van der Waals surface area contributed by atoms with Gasteiger partial charge in [0, 0.05) is 35.8 Å². The van der Waals surface area contributed by atoms with Gasteiger partial charge in [0.05, 0.1) is 10.8 Å². The minimum Gasteiger partial charge on any atom is -0.339 e. The molecule has 0 spiro atoms. The second-order valence-electron chi connectivity index (χ2n) is 14.3. The molecule has 0 aliphatic carbocycles. The number of para-hydroxylation sites is 4. The lowest BCUT2D eigenvalue weighted by molar-refractivity contribution is 0.701. The van der Waals surface area contributed by atoms with E-state index in [1.54, 1.807) is 0 Å². The van der Waals surface area contributed by atoms with Crippen molar-refractivity contribution < 1.29 is 0 Å². The molecule has 54 heavy (non-hydrogen) atoms. The molecule has 0 amide bonds. The van der Waals surface area contributed by atoms with Crippen molar-refractivity contribution in [2.45, 2.75) is 10.8 Å². The highest BCUT2D eigenvalue weighted by atomic mass is 15.2. The summed E-state index contributed by atoms with van der Waals surface area (Å²) in [7, 11) is 0. The van der Waals surface area contributed by atoms with Gasteiger partial charge in [-0.25, -0.2) is 0 Å². The molecule has 2 aliphatic rings. The van der Waals surface area contributed by atoms with Crippen molar-refractivity contribution in [1.29, 1.82) is 0 Å². The lowest BCUT2D eigenvalue weighted by atomic mass is 9.62. The van der Waals surface area contributed by atoms with Crippen molar-refractivity contribution in [1.82, 2.24) is 0 Å². The summed E-state index contributed by atoms with van der Waals surface area (Å²) >= 11 is 0. The Labute approximate surface area is 318 Å². The number of hydrogen-bond donors (Lipinski definition) is 0. The van der Waals surface area contributed by atoms with E-state index in [1.807, 2.05) is 0 Å². The highest BCUT2D eigenvalue weighted by Gasteiger charge is 2.48. The third-order valence-corrected chi connectivity index (χ3v) is 11.8. The van der Waals surface area contributed by atoms with E-state index in [9.17, 15) is 0 Å². The highest BCUT2D eigenvalue weighted by Crippen LogP contribution is 2.57. The molecule has 258 valence electrons. The van der Waals surface area contributed by atoms with E-state index in [0.717, 1.165) is 13.1 Å². The molecule has 2 nitrogen and oxygen atoms in total. The number of anilines is 4. The lowest BCUT2D eigenvalue weighted by Crippen LogP contribution is -2.43. The maximum Gasteiger partial charge on any atom is 0.0742 e. The Hall–Kier alpha value is -6.64. The van der Waals surface area contributed by atoms with E-state index in [2.05, 4.69) is 228 Å². The van der Waals surface area contributed by atoms with Gasteiger partial charge in [0.15, 0.2) is 0 Å². The van der Waals surface area contributed by atoms with Gasteiger partial charge < -0.3 is 9.80 Å². The van der Waals surface area contributed by atoms with Gasteiger partial charge in [-0.05, 0) is 68.8 Å². The predicted octanol–water partition coefficient (Wildman–Crippen LogP) is 12.1. The Balaban J connectivity index is 1.14. The van der Waals surface area contributed by atoms with Crippen molar-refractivity contribution in [3.63, 3.8) is 0 Å². The third-order valence-electron chi connectivity index (χ3n) is 11.8. The van der Waals surface area contributed by atoms with E-state index in [1.165, 1.54) is 67.3 Å². The van der Waals surface area contributed by atoms with Crippen molar-refractivity contribution >= 4 is 22.7 Å². The molecule has 0 unspecified atom stereocenters. The Morgan fingerprint density at radius 2 is 0.444 bits per heavy atom. The second kappa shape index (κ2) is 13.1. The van der Waals surface area contributed by atoms with E-state index < -0.39 is 10.8 Å². The molecule has 0 bridgehead atoms. The lowest BCUT2D eigenvalue weighted by Gasteiger charge is -2.48. The van der Waals surface area contributed by atoms with Crippen molar-refractivity contribution in [3.8, 4) is 0 Å². The summed E-state index contributed by atoms with van der Waals surface area (Å²) in [6.45, 7) is 1.58. The quantitative estimate of drug-likeness (QED) is 0.164. The van der Waals surface area contributed by atoms with Crippen molar-refractivity contribution in [2.24, 2.45) is 0 Å². The molecule has 2 aliphatic heterocycles. The van der Waals surface area contributed by atoms with E-state index in [-0.39, 0.29) is 0 Å². The maximum atomic E-state index is 2.57. The minimum absolute atomic E-state index is 0.471. The third kappa shape index (κ3) is 4.66. The first kappa shape index (κ1) is 32.0. The Morgan fingerprint density at radius 1 is 0.241 bits per heavy atom. The van der Waals surface area contributed by atoms with Crippen LogP contribution in [0.5, 0.6) is 0 Å². The fourth-order valence-electron chi connectivity index (χ4n) is 9.67. The largest absolute Gasteiger partial charge is 0.339 e. The van der Waals surface area contributed by atoms with Crippen LogP contribution in [0.2, 0.25) is 0 Å². The number of hydrogen-bond acceptors (Lipinski definition) is 2. The zero-order valence-electron chi connectivity index (χ0n) is 30.1. The van der Waals surface area contributed by atoms with Gasteiger partial charge in [-0.15, -0.1) is 0 Å². The summed E-state index contributed by atoms with van der Waals surface area (Å²) < 4.78 is 0. The van der Waals surface area contributed by atoms with Crippen LogP contribution in [0.25, 0.3) is 0 Å². The van der Waals surface area contributed by atoms with Gasteiger partial charge in [-0.3, -0.25) is 0 Å². The molecule has 8 aromatic rings. The van der Waals surface area contributed by atoms with Gasteiger partial charge >= 0.3 is 0 Å². The van der Waals surface area contributed by atoms with E-state index >= 15 is 0 Å². The molecule has 0 radical (unpaired) electrons. The fourth-order valence-corrected chi connectivity index (χ4v) is 9.67. The Morgan fingerprint density at radius 3 is 0.685 bits per heavy atom. The number of nitrogens with zero attached hydrogens (tertiary/aromatic N) is 2. The molecule has 2 heteroatoms. The first-order chi connectivity index (χ1) is 26.8. The van der Waals surface area contributed by atoms with Gasteiger partial charge in [0.1, 0.15) is 0 Å². The van der Waals surface area contributed by atoms with Gasteiger partial charge in [0.25, 0.3) is 0 Å². The number of fused-ring (bicyclic) bond motifs is 4. The molecule has 0 saturated carbocycles. The SMILES string of the molecule is c1ccc(C2(c3ccccc3)c3ccccc3N(CCN3c4ccccc4C(c4ccccc4)(c4ccccc4)c4ccccc43)c3ccccc32)cc1. The van der Waals surface area contributed by atoms with Crippen LogP contribution >= 0.6 is 0 Å². The minimum atomic E-state index is -0.471. The standard InChI is InChI=1S/C52H40N2/c1-5-21-39(22-6-1)51(40-23-7-2-8-24-40)43-29-13-17-33-47(43)53(48-34-18-14-30-44(48)51)37-38-54-49-35-19-15-31-45(49)52(41-25-9-3-10-26-41,42-27-11-4-12-28-42)46-32-16-20-36-50(46)54/h1-36H,37-38H2. The van der Waals surface area contributed by atoms with Gasteiger partial charge in [0.2, 0.25) is 0 Å².